The topological polar surface area (TPSA) is 45.0 Å². The Bertz CT molecular complexity index is 1630. The third kappa shape index (κ3) is 5.37. The molecule has 0 N–H and O–H groups in total. The Morgan fingerprint density at radius 3 is 1.95 bits per heavy atom. The molecule has 0 amide bonds. The van der Waals surface area contributed by atoms with E-state index in [1.54, 1.807) is 13.2 Å². The molecule has 0 radical (unpaired) electrons. The molecule has 0 fully saturated rings. The van der Waals surface area contributed by atoms with E-state index < -0.39 is 0 Å². The fourth-order valence-electron chi connectivity index (χ4n) is 4.99. The lowest BCUT2D eigenvalue weighted by molar-refractivity contribution is 0.415. The van der Waals surface area contributed by atoms with E-state index in [-0.39, 0.29) is 0 Å². The summed E-state index contributed by atoms with van der Waals surface area (Å²) in [5.74, 6) is 0.810. The smallest absolute Gasteiger partial charge is 0.185 e. The second-order valence-corrected chi connectivity index (χ2v) is 9.38. The fraction of sp³-hybridized carbons (Fsp3) is 0.147. The van der Waals surface area contributed by atoms with Gasteiger partial charge in [-0.2, -0.15) is 5.26 Å². The van der Waals surface area contributed by atoms with Crippen LogP contribution < -0.4 is 9.64 Å². The van der Waals surface area contributed by atoms with Crippen LogP contribution in [0.25, 0.3) is 21.8 Å². The number of fused-ring (bicyclic) bond motifs is 1. The Kier molecular flexibility index (Phi) is 7.40. The molecule has 0 bridgehead atoms. The number of anilines is 3. The van der Waals surface area contributed by atoms with Gasteiger partial charge in [0.1, 0.15) is 5.75 Å². The van der Waals surface area contributed by atoms with Gasteiger partial charge in [-0.15, -0.1) is 0 Å². The highest BCUT2D eigenvalue weighted by Gasteiger charge is 2.16. The Hall–Kier alpha value is -5.31. The molecule has 4 aromatic carbocycles. The first-order valence-corrected chi connectivity index (χ1v) is 12.8. The van der Waals surface area contributed by atoms with Gasteiger partial charge in [0.05, 0.1) is 26.3 Å². The summed E-state index contributed by atoms with van der Waals surface area (Å²) in [4.78, 5) is 9.32. The van der Waals surface area contributed by atoms with Crippen molar-refractivity contribution in [1.82, 2.24) is 0 Å². The Balaban J connectivity index is 1.50. The molecule has 1 aliphatic rings. The van der Waals surface area contributed by atoms with Gasteiger partial charge in [-0.1, -0.05) is 30.4 Å². The molecule has 39 heavy (non-hydrogen) atoms. The molecule has 5 heteroatoms. The number of ether oxygens (including phenoxy) is 1. The van der Waals surface area contributed by atoms with E-state index >= 15 is 0 Å². The van der Waals surface area contributed by atoms with Crippen LogP contribution in [0.5, 0.6) is 5.75 Å². The first-order chi connectivity index (χ1) is 19.1. The van der Waals surface area contributed by atoms with Gasteiger partial charge in [-0.05, 0) is 109 Å². The van der Waals surface area contributed by atoms with Gasteiger partial charge in [-0.3, -0.25) is 0 Å². The normalized spacial score (nSPS) is 12.2. The summed E-state index contributed by atoms with van der Waals surface area (Å²) in [6, 6.07) is 28.1. The lowest BCUT2D eigenvalue weighted by atomic mass is 9.91. The van der Waals surface area contributed by atoms with Crippen LogP contribution in [-0.2, 0) is 12.8 Å². The third-order valence-corrected chi connectivity index (χ3v) is 7.02. The second-order valence-electron chi connectivity index (χ2n) is 9.38. The molecule has 188 valence electrons. The predicted octanol–water partition coefficient (Wildman–Crippen LogP) is 9.19. The number of benzene rings is 4. The maximum Gasteiger partial charge on any atom is 0.185 e. The molecule has 5 nitrogen and oxygen atoms in total. The number of methoxy groups -OCH3 is 1. The summed E-state index contributed by atoms with van der Waals surface area (Å²) in [6.45, 7) is 15.0. The van der Waals surface area contributed by atoms with Crippen molar-refractivity contribution in [3.63, 3.8) is 0 Å². The van der Waals surface area contributed by atoms with Crippen LogP contribution in [-0.4, -0.2) is 7.11 Å². The van der Waals surface area contributed by atoms with Crippen molar-refractivity contribution in [3.8, 4) is 11.8 Å². The van der Waals surface area contributed by atoms with Crippen molar-refractivity contribution in [2.45, 2.75) is 25.7 Å². The lowest BCUT2D eigenvalue weighted by Crippen LogP contribution is -2.12. The van der Waals surface area contributed by atoms with Gasteiger partial charge < -0.3 is 9.64 Å². The minimum Gasteiger partial charge on any atom is -0.497 e. The van der Waals surface area contributed by atoms with Crippen LogP contribution >= 0.6 is 0 Å². The number of hydrogen-bond donors (Lipinski definition) is 0. The number of aryl methyl sites for hydroxylation is 2. The van der Waals surface area contributed by atoms with Crippen molar-refractivity contribution in [1.29, 1.82) is 5.26 Å². The van der Waals surface area contributed by atoms with E-state index in [2.05, 4.69) is 57.1 Å². The zero-order chi connectivity index (χ0) is 27.2. The maximum absolute atomic E-state index is 9.21. The van der Waals surface area contributed by atoms with Gasteiger partial charge >= 0.3 is 0 Å². The number of nitriles is 1. The van der Waals surface area contributed by atoms with Crippen LogP contribution in [0, 0.1) is 24.5 Å². The monoisotopic (exact) mass is 506 g/mol. The molecule has 0 unspecified atom stereocenters. The average molecular weight is 507 g/mol. The third-order valence-electron chi connectivity index (χ3n) is 7.02. The Morgan fingerprint density at radius 1 is 0.769 bits per heavy atom. The van der Waals surface area contributed by atoms with E-state index in [1.165, 1.54) is 36.1 Å². The van der Waals surface area contributed by atoms with Crippen molar-refractivity contribution in [2.24, 2.45) is 0 Å². The van der Waals surface area contributed by atoms with Crippen LogP contribution in [0.4, 0.5) is 28.4 Å². The van der Waals surface area contributed by atoms with Crippen molar-refractivity contribution in [3.05, 3.63) is 130 Å². The van der Waals surface area contributed by atoms with Crippen LogP contribution in [0.15, 0.2) is 78.9 Å². The largest absolute Gasteiger partial charge is 0.497 e. The number of rotatable bonds is 6. The predicted molar refractivity (Wildman–Crippen MR) is 157 cm³/mol. The Morgan fingerprint density at radius 2 is 1.36 bits per heavy atom. The summed E-state index contributed by atoms with van der Waals surface area (Å²) < 4.78 is 5.38. The van der Waals surface area contributed by atoms with E-state index in [1.807, 2.05) is 36.4 Å². The fourth-order valence-corrected chi connectivity index (χ4v) is 4.99. The zero-order valence-electron chi connectivity index (χ0n) is 21.7. The molecule has 0 saturated carbocycles. The minimum absolute atomic E-state index is 0.297. The van der Waals surface area contributed by atoms with Crippen LogP contribution in [0.1, 0.15) is 40.7 Å². The molecule has 4 aromatic rings. The molecular weight excluding hydrogens is 480 g/mol. The van der Waals surface area contributed by atoms with Crippen molar-refractivity contribution >= 4 is 40.6 Å². The summed E-state index contributed by atoms with van der Waals surface area (Å²) in [7, 11) is 1.67. The molecule has 0 spiro atoms. The molecule has 0 atom stereocenters. The quantitative estimate of drug-likeness (QED) is 0.193. The SMILES string of the molecule is [C-]#[N+]c1cc(C#N)cc([N+]#[C-])c1C=Cc1ccc(N(c2ccc(OC)cc2)c2ccc3c(c2)CCCC3)cc1. The van der Waals surface area contributed by atoms with E-state index in [0.717, 1.165) is 41.2 Å². The van der Waals surface area contributed by atoms with Crippen molar-refractivity contribution < 1.29 is 4.74 Å². The molecule has 0 aromatic heterocycles. The van der Waals surface area contributed by atoms with Gasteiger partial charge in [0.2, 0.25) is 0 Å². The first-order valence-electron chi connectivity index (χ1n) is 12.8. The molecule has 1 aliphatic carbocycles. The van der Waals surface area contributed by atoms with Crippen molar-refractivity contribution in [2.75, 3.05) is 12.0 Å². The first kappa shape index (κ1) is 25.3. The van der Waals surface area contributed by atoms with Crippen LogP contribution in [0.2, 0.25) is 0 Å². The highest BCUT2D eigenvalue weighted by molar-refractivity contribution is 5.86. The van der Waals surface area contributed by atoms with Gasteiger partial charge in [0.15, 0.2) is 11.4 Å². The summed E-state index contributed by atoms with van der Waals surface area (Å²) in [5, 5.41) is 9.21. The zero-order valence-corrected chi connectivity index (χ0v) is 21.7. The molecule has 5 rings (SSSR count). The molecule has 0 heterocycles. The molecule has 0 aliphatic heterocycles. The number of nitrogens with zero attached hydrogens (tertiary/aromatic N) is 4. The van der Waals surface area contributed by atoms with E-state index in [9.17, 15) is 5.26 Å². The molecular formula is C34H26N4O. The highest BCUT2D eigenvalue weighted by atomic mass is 16.5. The molecule has 0 saturated heterocycles. The van der Waals surface area contributed by atoms with Gasteiger partial charge in [-0.25, -0.2) is 9.69 Å². The van der Waals surface area contributed by atoms with E-state index in [0.29, 0.717) is 22.5 Å². The number of hydrogen-bond acceptors (Lipinski definition) is 3. The summed E-state index contributed by atoms with van der Waals surface area (Å²) in [5.41, 5.74) is 8.42. The second kappa shape index (κ2) is 11.4. The van der Waals surface area contributed by atoms with Gasteiger partial charge in [0, 0.05) is 22.6 Å². The van der Waals surface area contributed by atoms with Crippen LogP contribution in [0.3, 0.4) is 0 Å². The van der Waals surface area contributed by atoms with E-state index in [4.69, 9.17) is 17.9 Å². The minimum atomic E-state index is 0.297. The standard InChI is InChI=1S/C34H26N4O/c1-36-33-20-25(23-35)21-34(37-2)32(33)19-10-24-8-12-28(13-9-24)38(29-15-17-31(39-3)18-16-29)30-14-11-26-6-4-5-7-27(26)22-30/h8-22H,4-7H2,3H3. The summed E-state index contributed by atoms with van der Waals surface area (Å²) in [6.07, 6.45) is 8.40. The average Bonchev–Trinajstić information content (AvgIpc) is 3.00. The maximum atomic E-state index is 9.21. The Labute approximate surface area is 229 Å². The lowest BCUT2D eigenvalue weighted by Gasteiger charge is -2.27. The summed E-state index contributed by atoms with van der Waals surface area (Å²) >= 11 is 0. The van der Waals surface area contributed by atoms with Gasteiger partial charge in [0.25, 0.3) is 0 Å². The highest BCUT2D eigenvalue weighted by Crippen LogP contribution is 2.38.